The van der Waals surface area contributed by atoms with E-state index < -0.39 is 53.4 Å². The van der Waals surface area contributed by atoms with Crippen LogP contribution in [0.25, 0.3) is 0 Å². The molecule has 14 heteroatoms. The molecule has 6 heterocycles. The van der Waals surface area contributed by atoms with Crippen molar-refractivity contribution in [1.29, 1.82) is 5.26 Å². The van der Waals surface area contributed by atoms with E-state index in [0.717, 1.165) is 36.8 Å². The number of phenols is 1. The number of hydrogen-bond acceptors (Lipinski definition) is 14. The Hall–Kier alpha value is -4.19. The Bertz CT molecular complexity index is 1860. The molecule has 0 aliphatic carbocycles. The number of carbonyl (C=O) groups excluding carboxylic acids is 3. The maximum Gasteiger partial charge on any atom is 0.348 e. The second kappa shape index (κ2) is 14.9. The lowest BCUT2D eigenvalue weighted by Gasteiger charge is -2.61. The van der Waals surface area contributed by atoms with E-state index in [1.807, 2.05) is 27.0 Å². The first-order chi connectivity index (χ1) is 25.5. The Balaban J connectivity index is 1.40. The van der Waals surface area contributed by atoms with Crippen LogP contribution >= 0.6 is 11.8 Å². The van der Waals surface area contributed by atoms with Crippen LogP contribution < -0.4 is 18.9 Å². The minimum atomic E-state index is -1.19. The standard InChI is InChI=1S/C39H47N3O10S/c1-7-8-9-10-11-12-27(44)52-26-17-53-38-30-29(37-36(49-18-50-37)20(3)35(30)51-21(4)43)25(16-48-39(26)46)42-24(15-40)23-14-22-13-19(2)34(47-6)33(45)28(22)31(32(38)42)41(23)5/h13,23-26,31-32,38,45H,7-12,14,16-18H2,1-6H3/t23-,24-,25-,26-,31+,32?,38+/m0/s1. The highest BCUT2D eigenvalue weighted by atomic mass is 32.2. The number of aromatic hydroxyl groups is 1. The lowest BCUT2D eigenvalue weighted by molar-refractivity contribution is -0.169. The molecule has 7 atom stereocenters. The highest BCUT2D eigenvalue weighted by molar-refractivity contribution is 7.99. The Morgan fingerprint density at radius 2 is 1.83 bits per heavy atom. The third-order valence-electron chi connectivity index (χ3n) is 11.4. The molecule has 4 bridgehead atoms. The van der Waals surface area contributed by atoms with Gasteiger partial charge in [-0.2, -0.15) is 5.26 Å². The zero-order chi connectivity index (χ0) is 37.7. The maximum absolute atomic E-state index is 13.8. The highest BCUT2D eigenvalue weighted by Gasteiger charge is 2.60. The number of ether oxygens (including phenoxy) is 6. The van der Waals surface area contributed by atoms with E-state index in [1.165, 1.54) is 25.8 Å². The van der Waals surface area contributed by atoms with Crippen molar-refractivity contribution in [3.63, 3.8) is 0 Å². The van der Waals surface area contributed by atoms with Crippen molar-refractivity contribution in [2.75, 3.05) is 33.3 Å². The average Bonchev–Trinajstić information content (AvgIpc) is 3.61. The monoisotopic (exact) mass is 749 g/mol. The number of rotatable bonds is 9. The second-order valence-electron chi connectivity index (χ2n) is 14.5. The van der Waals surface area contributed by atoms with Gasteiger partial charge in [-0.1, -0.05) is 38.7 Å². The molecule has 8 rings (SSSR count). The molecule has 2 fully saturated rings. The van der Waals surface area contributed by atoms with Crippen molar-refractivity contribution >= 4 is 29.7 Å². The number of likely N-dealkylation sites (N-methyl/N-ethyl adjacent to an activating group) is 1. The number of esters is 3. The second-order valence-corrected chi connectivity index (χ2v) is 15.7. The number of benzene rings is 2. The molecule has 0 amide bonds. The zero-order valence-corrected chi connectivity index (χ0v) is 31.9. The van der Waals surface area contributed by atoms with Gasteiger partial charge >= 0.3 is 17.9 Å². The fraction of sp³-hybridized carbons (Fsp3) is 0.590. The van der Waals surface area contributed by atoms with Gasteiger partial charge in [-0.15, -0.1) is 11.8 Å². The molecule has 1 unspecified atom stereocenters. The van der Waals surface area contributed by atoms with Gasteiger partial charge in [0.05, 0.1) is 30.5 Å². The van der Waals surface area contributed by atoms with Gasteiger partial charge in [0.1, 0.15) is 18.4 Å². The summed E-state index contributed by atoms with van der Waals surface area (Å²) >= 11 is 1.37. The first-order valence-corrected chi connectivity index (χ1v) is 19.5. The topological polar surface area (TPSA) is 157 Å². The van der Waals surface area contributed by atoms with Crippen molar-refractivity contribution in [3.8, 4) is 34.8 Å². The average molecular weight is 750 g/mol. The lowest BCUT2D eigenvalue weighted by Crippen LogP contribution is -2.69. The van der Waals surface area contributed by atoms with Crippen molar-refractivity contribution < 1.29 is 47.9 Å². The van der Waals surface area contributed by atoms with Crippen LogP contribution in [0.5, 0.6) is 28.7 Å². The number of phenolic OH excluding ortho intramolecular Hbond substituents is 1. The Labute approximate surface area is 313 Å². The number of hydrogen-bond donors (Lipinski definition) is 1. The number of aryl methyl sites for hydroxylation is 1. The molecule has 2 aromatic rings. The van der Waals surface area contributed by atoms with Crippen LogP contribution in [0.15, 0.2) is 6.07 Å². The van der Waals surface area contributed by atoms with Crippen molar-refractivity contribution in [1.82, 2.24) is 9.80 Å². The Morgan fingerprint density at radius 3 is 2.55 bits per heavy atom. The summed E-state index contributed by atoms with van der Waals surface area (Å²) in [5.74, 6) is -0.0487. The molecule has 0 spiro atoms. The first kappa shape index (κ1) is 37.1. The molecule has 2 saturated heterocycles. The van der Waals surface area contributed by atoms with Gasteiger partial charge in [0.25, 0.3) is 0 Å². The molecule has 6 aliphatic heterocycles. The van der Waals surface area contributed by atoms with Crippen LogP contribution in [0.2, 0.25) is 0 Å². The number of fused-ring (bicyclic) bond motifs is 10. The minimum absolute atomic E-state index is 0.0274. The quantitative estimate of drug-likeness (QED) is 0.195. The number of methoxy groups -OCH3 is 1. The summed E-state index contributed by atoms with van der Waals surface area (Å²) in [4.78, 5) is 43.9. The number of thioether (sulfide) groups is 1. The van der Waals surface area contributed by atoms with Crippen LogP contribution in [-0.4, -0.2) is 90.4 Å². The van der Waals surface area contributed by atoms with Crippen LogP contribution in [-0.2, 0) is 30.3 Å². The normalized spacial score (nSPS) is 27.1. The molecule has 53 heavy (non-hydrogen) atoms. The highest BCUT2D eigenvalue weighted by Crippen LogP contribution is 2.64. The molecular weight excluding hydrogens is 703 g/mol. The third kappa shape index (κ3) is 6.24. The third-order valence-corrected chi connectivity index (χ3v) is 12.7. The summed E-state index contributed by atoms with van der Waals surface area (Å²) in [5, 5.41) is 22.3. The van der Waals surface area contributed by atoms with Crippen LogP contribution in [0, 0.1) is 25.2 Å². The Morgan fingerprint density at radius 1 is 1.08 bits per heavy atom. The van der Waals surface area contributed by atoms with E-state index in [9.17, 15) is 24.8 Å². The molecule has 6 aliphatic rings. The number of nitriles is 1. The summed E-state index contributed by atoms with van der Waals surface area (Å²) in [6.07, 6.45) is 4.26. The molecule has 284 valence electrons. The van der Waals surface area contributed by atoms with Gasteiger partial charge < -0.3 is 33.5 Å². The lowest BCUT2D eigenvalue weighted by atomic mass is 9.71. The number of piperazine rings is 1. The van der Waals surface area contributed by atoms with Gasteiger partial charge in [0, 0.05) is 53.4 Å². The van der Waals surface area contributed by atoms with E-state index in [1.54, 1.807) is 0 Å². The fourth-order valence-electron chi connectivity index (χ4n) is 9.12. The van der Waals surface area contributed by atoms with Gasteiger partial charge in [-0.25, -0.2) is 4.79 Å². The first-order valence-electron chi connectivity index (χ1n) is 18.4. The summed E-state index contributed by atoms with van der Waals surface area (Å²) in [6.45, 7) is 6.89. The molecular formula is C39H47N3O10S. The zero-order valence-electron chi connectivity index (χ0n) is 31.1. The maximum atomic E-state index is 13.8. The smallest absolute Gasteiger partial charge is 0.348 e. The van der Waals surface area contributed by atoms with Gasteiger partial charge in [0.2, 0.25) is 12.9 Å². The molecule has 13 nitrogen and oxygen atoms in total. The van der Waals surface area contributed by atoms with E-state index in [0.29, 0.717) is 58.1 Å². The summed E-state index contributed by atoms with van der Waals surface area (Å²) in [6, 6.07) is 1.87. The summed E-state index contributed by atoms with van der Waals surface area (Å²) in [7, 11) is 3.49. The van der Waals surface area contributed by atoms with Gasteiger partial charge in [-0.05, 0) is 44.9 Å². The largest absolute Gasteiger partial charge is 0.504 e. The van der Waals surface area contributed by atoms with Crippen molar-refractivity contribution in [2.45, 2.75) is 114 Å². The predicted octanol–water partition coefficient (Wildman–Crippen LogP) is 5.50. The van der Waals surface area contributed by atoms with Crippen LogP contribution in [0.3, 0.4) is 0 Å². The van der Waals surface area contributed by atoms with E-state index in [4.69, 9.17) is 28.4 Å². The summed E-state index contributed by atoms with van der Waals surface area (Å²) in [5.41, 5.74) is 4.26. The van der Waals surface area contributed by atoms with Crippen LogP contribution in [0.1, 0.15) is 103 Å². The van der Waals surface area contributed by atoms with Gasteiger partial charge in [0.15, 0.2) is 23.0 Å². The number of nitrogens with zero attached hydrogens (tertiary/aromatic N) is 3. The molecule has 0 saturated carbocycles. The predicted molar refractivity (Wildman–Crippen MR) is 193 cm³/mol. The molecule has 0 aromatic heterocycles. The molecule has 0 radical (unpaired) electrons. The molecule has 2 aromatic carbocycles. The molecule has 1 N–H and O–H groups in total. The Kier molecular flexibility index (Phi) is 10.5. The van der Waals surface area contributed by atoms with E-state index in [2.05, 4.69) is 22.8 Å². The SMILES string of the molecule is CCCCCCCC(=O)O[C@H]1CS[C@@H]2c3c(OC(C)=O)c(C)c4c(c3[C@H](COC1=O)N1C2[C@H]2c3c(cc(C)c(OC)c3O)C[C@@H]([C@@H]1C#N)N2C)OCO4. The minimum Gasteiger partial charge on any atom is -0.504 e. The van der Waals surface area contributed by atoms with E-state index in [-0.39, 0.29) is 37.4 Å². The fourth-order valence-corrected chi connectivity index (χ4v) is 10.6. The van der Waals surface area contributed by atoms with Gasteiger partial charge in [-0.3, -0.25) is 19.4 Å². The summed E-state index contributed by atoms with van der Waals surface area (Å²) < 4.78 is 35.7. The van der Waals surface area contributed by atoms with Crippen LogP contribution in [0.4, 0.5) is 0 Å². The van der Waals surface area contributed by atoms with E-state index >= 15 is 0 Å². The van der Waals surface area contributed by atoms with Crippen molar-refractivity contribution in [2.24, 2.45) is 0 Å². The number of unbranched alkanes of at least 4 members (excludes halogenated alkanes) is 4. The van der Waals surface area contributed by atoms with Crippen molar-refractivity contribution in [3.05, 3.63) is 39.4 Å². The number of carbonyl (C=O) groups is 3.